The van der Waals surface area contributed by atoms with E-state index in [1.165, 1.54) is 0 Å². The monoisotopic (exact) mass is 190 g/mol. The van der Waals surface area contributed by atoms with Gasteiger partial charge in [-0.1, -0.05) is 17.8 Å². The van der Waals surface area contributed by atoms with Gasteiger partial charge in [0.2, 0.25) is 0 Å². The average molecular weight is 190 g/mol. The van der Waals surface area contributed by atoms with E-state index in [4.69, 9.17) is 23.7 Å². The molecule has 0 spiro atoms. The van der Waals surface area contributed by atoms with Gasteiger partial charge in [0.15, 0.2) is 5.58 Å². The third-order valence-corrected chi connectivity index (χ3v) is 2.20. The molecule has 1 aromatic heterocycles. The Bertz CT molecular complexity index is 651. The van der Waals surface area contributed by atoms with Crippen molar-refractivity contribution in [1.29, 1.82) is 0 Å². The molecule has 68 valence electrons. The lowest BCUT2D eigenvalue weighted by atomic mass is 10.0. The second-order valence-electron chi connectivity index (χ2n) is 2.94. The van der Waals surface area contributed by atoms with E-state index >= 15 is 0 Å². The normalized spacial score (nSPS) is 9.13. The minimum absolute atomic E-state index is 0.580. The first-order valence-corrected chi connectivity index (χ1v) is 4.26. The smallest absolute Gasteiger partial charge is 0.151 e. The van der Waals surface area contributed by atoms with E-state index in [1.807, 2.05) is 0 Å². The Morgan fingerprint density at radius 1 is 1.00 bits per heavy atom. The quantitative estimate of drug-likeness (QED) is 0.581. The number of hydrogen-bond donors (Lipinski definition) is 0. The van der Waals surface area contributed by atoms with Crippen LogP contribution in [0.15, 0.2) is 22.8 Å². The highest BCUT2D eigenvalue weighted by atomic mass is 16.3. The lowest BCUT2D eigenvalue weighted by Crippen LogP contribution is -1.87. The lowest BCUT2D eigenvalue weighted by Gasteiger charge is -2.00. The van der Waals surface area contributed by atoms with E-state index in [0.717, 1.165) is 5.39 Å². The standard InChI is InChI=1S/C14H6O/c1-4-10-9-11(5-2)13-7-8-15-14(13)12(10)6-3/h1-3,7-9H. The Labute approximate surface area is 88.1 Å². The van der Waals surface area contributed by atoms with E-state index in [2.05, 4.69) is 17.8 Å². The summed E-state index contributed by atoms with van der Waals surface area (Å²) in [6.07, 6.45) is 17.7. The maximum absolute atomic E-state index is 5.39. The van der Waals surface area contributed by atoms with E-state index in [9.17, 15) is 0 Å². The lowest BCUT2D eigenvalue weighted by molar-refractivity contribution is 0.615. The van der Waals surface area contributed by atoms with Crippen molar-refractivity contribution in [3.63, 3.8) is 0 Å². The Morgan fingerprint density at radius 2 is 1.73 bits per heavy atom. The van der Waals surface area contributed by atoms with Crippen LogP contribution in [0.2, 0.25) is 0 Å². The first kappa shape index (κ1) is 9.01. The summed E-state index contributed by atoms with van der Waals surface area (Å²) in [4.78, 5) is 0. The SMILES string of the molecule is C#Cc1cc(C#C)c2ccoc2c1C#C. The summed E-state index contributed by atoms with van der Waals surface area (Å²) in [6.45, 7) is 0. The second-order valence-corrected chi connectivity index (χ2v) is 2.94. The molecule has 1 nitrogen and oxygen atoms in total. The fraction of sp³-hybridized carbons (Fsp3) is 0. The van der Waals surface area contributed by atoms with Crippen LogP contribution in [0.25, 0.3) is 11.0 Å². The number of rotatable bonds is 0. The summed E-state index contributed by atoms with van der Waals surface area (Å²) in [6, 6.07) is 3.51. The molecule has 0 fully saturated rings. The highest BCUT2D eigenvalue weighted by molar-refractivity contribution is 5.90. The topological polar surface area (TPSA) is 13.1 Å². The molecule has 0 radical (unpaired) electrons. The van der Waals surface area contributed by atoms with Gasteiger partial charge in [0.05, 0.1) is 11.8 Å². The highest BCUT2D eigenvalue weighted by Crippen LogP contribution is 2.26. The van der Waals surface area contributed by atoms with E-state index in [0.29, 0.717) is 22.3 Å². The molecule has 0 bridgehead atoms. The van der Waals surface area contributed by atoms with Gasteiger partial charge in [-0.3, -0.25) is 0 Å². The molecule has 0 aliphatic carbocycles. The zero-order valence-corrected chi connectivity index (χ0v) is 7.87. The number of hydrogen-bond acceptors (Lipinski definition) is 1. The van der Waals surface area contributed by atoms with Gasteiger partial charge in [-0.2, -0.15) is 0 Å². The molecular weight excluding hydrogens is 184 g/mol. The van der Waals surface area contributed by atoms with Crippen molar-refractivity contribution in [3.05, 3.63) is 35.1 Å². The summed E-state index contributed by atoms with van der Waals surface area (Å²) in [5, 5.41) is 0.824. The first-order chi connectivity index (χ1) is 7.31. The minimum Gasteiger partial charge on any atom is -0.463 e. The molecule has 1 heterocycles. The van der Waals surface area contributed by atoms with Crippen LogP contribution >= 0.6 is 0 Å². The van der Waals surface area contributed by atoms with Gasteiger partial charge in [-0.15, -0.1) is 19.3 Å². The summed E-state index contributed by atoms with van der Waals surface area (Å²) < 4.78 is 5.29. The molecule has 2 aromatic rings. The maximum Gasteiger partial charge on any atom is 0.151 e. The molecule has 0 amide bonds. The van der Waals surface area contributed by atoms with Crippen molar-refractivity contribution < 1.29 is 4.42 Å². The molecule has 1 aromatic carbocycles. The third-order valence-electron chi connectivity index (χ3n) is 2.20. The largest absolute Gasteiger partial charge is 0.463 e. The summed E-state index contributed by atoms with van der Waals surface area (Å²) in [7, 11) is 0. The van der Waals surface area contributed by atoms with Crippen molar-refractivity contribution in [2.45, 2.75) is 0 Å². The Hall–Kier alpha value is -2.56. The van der Waals surface area contributed by atoms with Crippen LogP contribution in [0, 0.1) is 37.0 Å². The molecule has 0 aliphatic rings. The van der Waals surface area contributed by atoms with Crippen LogP contribution in [-0.4, -0.2) is 0 Å². The second kappa shape index (κ2) is 3.30. The molecule has 2 rings (SSSR count). The van der Waals surface area contributed by atoms with Crippen LogP contribution in [-0.2, 0) is 0 Å². The van der Waals surface area contributed by atoms with Crippen LogP contribution in [0.5, 0.6) is 0 Å². The van der Waals surface area contributed by atoms with Gasteiger partial charge < -0.3 is 4.42 Å². The van der Waals surface area contributed by atoms with Crippen LogP contribution in [0.4, 0.5) is 0 Å². The molecule has 15 heavy (non-hydrogen) atoms. The molecule has 0 aliphatic heterocycles. The molecule has 0 saturated heterocycles. The van der Waals surface area contributed by atoms with Gasteiger partial charge in [0, 0.05) is 16.5 Å². The van der Waals surface area contributed by atoms with Crippen molar-refractivity contribution in [1.82, 2.24) is 0 Å². The van der Waals surface area contributed by atoms with Crippen molar-refractivity contribution >= 4 is 11.0 Å². The van der Waals surface area contributed by atoms with Gasteiger partial charge in [0.25, 0.3) is 0 Å². The fourth-order valence-electron chi connectivity index (χ4n) is 1.51. The van der Waals surface area contributed by atoms with Crippen molar-refractivity contribution in [2.75, 3.05) is 0 Å². The van der Waals surface area contributed by atoms with Crippen LogP contribution in [0.3, 0.4) is 0 Å². The van der Waals surface area contributed by atoms with Gasteiger partial charge in [-0.25, -0.2) is 0 Å². The highest BCUT2D eigenvalue weighted by Gasteiger charge is 2.10. The Kier molecular flexibility index (Phi) is 1.98. The third kappa shape index (κ3) is 1.18. The predicted octanol–water partition coefficient (Wildman–Crippen LogP) is 2.38. The molecule has 1 heteroatoms. The number of fused-ring (bicyclic) bond motifs is 1. The Balaban J connectivity index is 3.02. The summed E-state index contributed by atoms with van der Waals surface area (Å²) in [5.74, 6) is 7.59. The predicted molar refractivity (Wildman–Crippen MR) is 60.0 cm³/mol. The van der Waals surface area contributed by atoms with E-state index in [-0.39, 0.29) is 0 Å². The maximum atomic E-state index is 5.39. The number of furan rings is 1. The molecule has 0 N–H and O–H groups in total. The number of terminal acetylenes is 3. The van der Waals surface area contributed by atoms with Gasteiger partial charge in [-0.05, 0) is 12.1 Å². The van der Waals surface area contributed by atoms with Crippen LogP contribution < -0.4 is 0 Å². The summed E-state index contributed by atoms with van der Waals surface area (Å²) in [5.41, 5.74) is 2.45. The zero-order chi connectivity index (χ0) is 10.8. The van der Waals surface area contributed by atoms with Crippen molar-refractivity contribution in [3.8, 4) is 37.0 Å². The van der Waals surface area contributed by atoms with Gasteiger partial charge in [0.1, 0.15) is 0 Å². The van der Waals surface area contributed by atoms with Crippen LogP contribution in [0.1, 0.15) is 16.7 Å². The molecule has 0 unspecified atom stereocenters. The molecular formula is C14H6O. The van der Waals surface area contributed by atoms with Crippen molar-refractivity contribution in [2.24, 2.45) is 0 Å². The molecule has 0 atom stereocenters. The molecule has 0 saturated carbocycles. The average Bonchev–Trinajstić information content (AvgIpc) is 2.75. The first-order valence-electron chi connectivity index (χ1n) is 4.26. The van der Waals surface area contributed by atoms with Gasteiger partial charge >= 0.3 is 0 Å². The number of benzene rings is 1. The Morgan fingerprint density at radius 3 is 2.33 bits per heavy atom. The fourth-order valence-corrected chi connectivity index (χ4v) is 1.51. The summed E-state index contributed by atoms with van der Waals surface area (Å²) >= 11 is 0. The zero-order valence-electron chi connectivity index (χ0n) is 7.87. The van der Waals surface area contributed by atoms with E-state index < -0.39 is 0 Å². The van der Waals surface area contributed by atoms with E-state index in [1.54, 1.807) is 18.4 Å². The minimum atomic E-state index is 0.580.